The molecule has 1 aliphatic rings. The number of benzene rings is 1. The lowest BCUT2D eigenvalue weighted by atomic mass is 9.95. The van der Waals surface area contributed by atoms with Crippen molar-refractivity contribution in [2.75, 3.05) is 25.5 Å². The molecule has 1 amide bonds. The van der Waals surface area contributed by atoms with Crippen LogP contribution in [0.25, 0.3) is 5.52 Å². The maximum absolute atomic E-state index is 15.3. The fourth-order valence-electron chi connectivity index (χ4n) is 4.52. The second-order valence-corrected chi connectivity index (χ2v) is 9.64. The zero-order valence-corrected chi connectivity index (χ0v) is 21.2. The van der Waals surface area contributed by atoms with Crippen LogP contribution in [-0.2, 0) is 4.74 Å². The maximum Gasteiger partial charge on any atom is 0.258 e. The van der Waals surface area contributed by atoms with E-state index in [2.05, 4.69) is 10.3 Å². The van der Waals surface area contributed by atoms with Gasteiger partial charge in [-0.1, -0.05) is 18.5 Å². The first-order chi connectivity index (χ1) is 16.7. The lowest BCUT2D eigenvalue weighted by Crippen LogP contribution is -2.34. The molecule has 3 aromatic rings. The van der Waals surface area contributed by atoms with Crippen LogP contribution in [0.1, 0.15) is 67.0 Å². The molecule has 2 unspecified atom stereocenters. The van der Waals surface area contributed by atoms with Gasteiger partial charge in [0.25, 0.3) is 5.91 Å². The highest BCUT2D eigenvalue weighted by Crippen LogP contribution is 2.40. The summed E-state index contributed by atoms with van der Waals surface area (Å²) in [6.07, 6.45) is 4.94. The van der Waals surface area contributed by atoms with Gasteiger partial charge in [0.1, 0.15) is 28.5 Å². The largest absolute Gasteiger partial charge is 0.490 e. The Morgan fingerprint density at radius 1 is 1.43 bits per heavy atom. The highest BCUT2D eigenvalue weighted by atomic mass is 35.5. The van der Waals surface area contributed by atoms with E-state index in [9.17, 15) is 4.79 Å². The van der Waals surface area contributed by atoms with Crippen molar-refractivity contribution in [1.29, 1.82) is 0 Å². The van der Waals surface area contributed by atoms with Crippen LogP contribution in [0, 0.1) is 18.7 Å². The van der Waals surface area contributed by atoms with Crippen molar-refractivity contribution in [3.05, 3.63) is 51.9 Å². The Morgan fingerprint density at radius 2 is 2.20 bits per heavy atom. The van der Waals surface area contributed by atoms with E-state index in [1.54, 1.807) is 12.4 Å². The topological polar surface area (TPSA) is 104 Å². The third kappa shape index (κ3) is 5.06. The summed E-state index contributed by atoms with van der Waals surface area (Å²) < 4.78 is 28.7. The van der Waals surface area contributed by atoms with Gasteiger partial charge in [-0.3, -0.25) is 9.20 Å². The van der Waals surface area contributed by atoms with Crippen molar-refractivity contribution in [2.45, 2.75) is 52.6 Å². The fraction of sp³-hybridized carbons (Fsp3) is 0.480. The summed E-state index contributed by atoms with van der Waals surface area (Å²) in [6.45, 7) is 9.08. The summed E-state index contributed by atoms with van der Waals surface area (Å²) in [5.74, 6) is -0.440. The van der Waals surface area contributed by atoms with Gasteiger partial charge in [-0.05, 0) is 45.6 Å². The Morgan fingerprint density at radius 3 is 2.89 bits per heavy atom. The molecule has 2 aromatic heterocycles. The summed E-state index contributed by atoms with van der Waals surface area (Å²) in [7, 11) is 0. The molecule has 0 spiro atoms. The van der Waals surface area contributed by atoms with Gasteiger partial charge >= 0.3 is 0 Å². The van der Waals surface area contributed by atoms with Crippen LogP contribution in [0.4, 0.5) is 10.2 Å². The zero-order chi connectivity index (χ0) is 25.3. The lowest BCUT2D eigenvalue weighted by molar-refractivity contribution is 0.0535. The van der Waals surface area contributed by atoms with E-state index in [1.807, 2.05) is 32.1 Å². The molecule has 10 heteroatoms. The van der Waals surface area contributed by atoms with Gasteiger partial charge in [-0.25, -0.2) is 14.4 Å². The number of imidazole rings is 1. The average molecular weight is 504 g/mol. The molecule has 2 atom stereocenters. The number of carbonyl (C=O) groups excluding carboxylic acids is 1. The smallest absolute Gasteiger partial charge is 0.258 e. The normalized spacial score (nSPS) is 17.1. The monoisotopic (exact) mass is 503 g/mol. The molecule has 8 nitrogen and oxygen atoms in total. The number of hydrogen-bond donors (Lipinski definition) is 2. The first-order valence-electron chi connectivity index (χ1n) is 11.8. The number of fused-ring (bicyclic) bond motifs is 1. The van der Waals surface area contributed by atoms with Gasteiger partial charge in [0.15, 0.2) is 5.82 Å². The number of ether oxygens (including phenoxy) is 2. The predicted molar refractivity (Wildman–Crippen MR) is 133 cm³/mol. The molecule has 1 saturated heterocycles. The molecule has 4 rings (SSSR count). The third-order valence-corrected chi connectivity index (χ3v) is 6.50. The first-order valence-corrected chi connectivity index (χ1v) is 12.2. The number of aryl methyl sites for hydroxylation is 1. The van der Waals surface area contributed by atoms with E-state index in [1.165, 1.54) is 6.07 Å². The molecule has 1 aliphatic heterocycles. The Labute approximate surface area is 209 Å². The highest BCUT2D eigenvalue weighted by Gasteiger charge is 2.30. The number of nitrogens with two attached hydrogens (primary N) is 1. The van der Waals surface area contributed by atoms with Gasteiger partial charge in [-0.15, -0.1) is 0 Å². The molecule has 0 aliphatic carbocycles. The second-order valence-electron chi connectivity index (χ2n) is 9.23. The van der Waals surface area contributed by atoms with Gasteiger partial charge in [-0.2, -0.15) is 0 Å². The summed E-state index contributed by atoms with van der Waals surface area (Å²) in [5, 5.41) is 2.69. The number of aromatic nitrogens is 3. The minimum Gasteiger partial charge on any atom is -0.490 e. The quantitative estimate of drug-likeness (QED) is 0.491. The summed E-state index contributed by atoms with van der Waals surface area (Å²) in [5.41, 5.74) is 7.84. The van der Waals surface area contributed by atoms with E-state index >= 15 is 4.39 Å². The predicted octanol–water partition coefficient (Wildman–Crippen LogP) is 4.51. The standard InChI is InChI=1S/C25H31ClFN5O3/c1-13(2)35-22-17(14(3)24-31-15(4)21-23(28)29-7-8-32(21)24)10-18(26)20(27)19(22)25(33)30-11-16-6-5-9-34-12-16/h7-8,10,13-14,16H,5-6,9,11-12H2,1-4H3,(H2,28,29)(H,30,33). The maximum atomic E-state index is 15.3. The van der Waals surface area contributed by atoms with Crippen molar-refractivity contribution >= 4 is 28.8 Å². The molecule has 0 radical (unpaired) electrons. The van der Waals surface area contributed by atoms with Gasteiger partial charge in [0.05, 0.1) is 23.4 Å². The Hall–Kier alpha value is -2.91. The number of rotatable bonds is 7. The summed E-state index contributed by atoms with van der Waals surface area (Å²) >= 11 is 6.31. The molecule has 0 saturated carbocycles. The molecule has 3 N–H and O–H groups in total. The van der Waals surface area contributed by atoms with Crippen LogP contribution in [0.3, 0.4) is 0 Å². The number of nitrogens with zero attached hydrogens (tertiary/aromatic N) is 3. The van der Waals surface area contributed by atoms with Crippen molar-refractivity contribution in [1.82, 2.24) is 19.7 Å². The Bertz CT molecular complexity index is 1240. The molecule has 35 heavy (non-hydrogen) atoms. The van der Waals surface area contributed by atoms with Gasteiger partial charge in [0.2, 0.25) is 0 Å². The number of carbonyl (C=O) groups is 1. The van der Waals surface area contributed by atoms with Gasteiger partial charge < -0.3 is 20.5 Å². The van der Waals surface area contributed by atoms with E-state index < -0.39 is 17.6 Å². The third-order valence-electron chi connectivity index (χ3n) is 6.23. The lowest BCUT2D eigenvalue weighted by Gasteiger charge is -2.24. The fourth-order valence-corrected chi connectivity index (χ4v) is 4.73. The molecular weight excluding hydrogens is 473 g/mol. The molecule has 0 bridgehead atoms. The van der Waals surface area contributed by atoms with Crippen molar-refractivity contribution in [3.8, 4) is 5.75 Å². The Kier molecular flexibility index (Phi) is 7.47. The number of anilines is 1. The van der Waals surface area contributed by atoms with Crippen molar-refractivity contribution in [2.24, 2.45) is 5.92 Å². The number of amides is 1. The van der Waals surface area contributed by atoms with Crippen LogP contribution < -0.4 is 15.8 Å². The number of halogens is 2. The van der Waals surface area contributed by atoms with Crippen LogP contribution >= 0.6 is 11.6 Å². The minimum absolute atomic E-state index is 0.156. The molecular formula is C25H31ClFN5O3. The van der Waals surface area contributed by atoms with Crippen LogP contribution in [-0.4, -0.2) is 46.1 Å². The zero-order valence-electron chi connectivity index (χ0n) is 20.4. The number of nitrogen functional groups attached to an aromatic ring is 1. The summed E-state index contributed by atoms with van der Waals surface area (Å²) in [6, 6.07) is 1.51. The second kappa shape index (κ2) is 10.4. The van der Waals surface area contributed by atoms with E-state index in [-0.39, 0.29) is 28.4 Å². The number of nitrogens with one attached hydrogen (secondary N) is 1. The molecule has 3 heterocycles. The SMILES string of the molecule is Cc1nc(C(C)c2cc(Cl)c(F)c(C(=O)NCC3CCCOC3)c2OC(C)C)n2ccnc(N)c12. The van der Waals surface area contributed by atoms with Crippen molar-refractivity contribution in [3.63, 3.8) is 0 Å². The van der Waals surface area contributed by atoms with E-state index in [0.717, 1.165) is 19.4 Å². The van der Waals surface area contributed by atoms with Crippen LogP contribution in [0.5, 0.6) is 5.75 Å². The molecule has 188 valence electrons. The van der Waals surface area contributed by atoms with E-state index in [0.29, 0.717) is 41.6 Å². The minimum atomic E-state index is -0.812. The van der Waals surface area contributed by atoms with Crippen molar-refractivity contribution < 1.29 is 18.7 Å². The first kappa shape index (κ1) is 25.2. The molecule has 1 fully saturated rings. The Balaban J connectivity index is 1.78. The molecule has 1 aromatic carbocycles. The number of hydrogen-bond acceptors (Lipinski definition) is 6. The average Bonchev–Trinajstić information content (AvgIpc) is 3.17. The van der Waals surface area contributed by atoms with E-state index in [4.69, 9.17) is 31.8 Å². The van der Waals surface area contributed by atoms with Crippen LogP contribution in [0.15, 0.2) is 18.5 Å². The summed E-state index contributed by atoms with van der Waals surface area (Å²) in [4.78, 5) is 22.1. The highest BCUT2D eigenvalue weighted by molar-refractivity contribution is 6.31. The van der Waals surface area contributed by atoms with Crippen LogP contribution in [0.2, 0.25) is 5.02 Å². The van der Waals surface area contributed by atoms with Gasteiger partial charge in [0, 0.05) is 37.0 Å².